The number of hydrogen-bond acceptors (Lipinski definition) is 4. The summed E-state index contributed by atoms with van der Waals surface area (Å²) in [6, 6.07) is 14.2. The van der Waals surface area contributed by atoms with E-state index in [4.69, 9.17) is 4.74 Å². The quantitative estimate of drug-likeness (QED) is 0.825. The topological polar surface area (TPSA) is 75.7 Å². The van der Waals surface area contributed by atoms with E-state index in [1.807, 2.05) is 31.2 Å². The predicted octanol–water partition coefficient (Wildman–Crippen LogP) is 3.16. The molecule has 27 heavy (non-hydrogen) atoms. The molecule has 1 aliphatic rings. The van der Waals surface area contributed by atoms with Gasteiger partial charge < -0.3 is 15.0 Å². The highest BCUT2D eigenvalue weighted by atomic mass is 16.5. The second-order valence-corrected chi connectivity index (χ2v) is 6.53. The first kappa shape index (κ1) is 18.6. The van der Waals surface area contributed by atoms with Crippen molar-refractivity contribution in [1.29, 1.82) is 0 Å². The van der Waals surface area contributed by atoms with E-state index < -0.39 is 11.9 Å². The minimum Gasteiger partial charge on any atom is -0.462 e. The Bertz CT molecular complexity index is 843. The van der Waals surface area contributed by atoms with Gasteiger partial charge in [-0.15, -0.1) is 0 Å². The van der Waals surface area contributed by atoms with Crippen LogP contribution in [0.3, 0.4) is 0 Å². The first-order valence-corrected chi connectivity index (χ1v) is 8.93. The van der Waals surface area contributed by atoms with Crippen molar-refractivity contribution in [2.45, 2.75) is 20.3 Å². The van der Waals surface area contributed by atoms with Gasteiger partial charge in [-0.1, -0.05) is 17.7 Å². The average Bonchev–Trinajstić information content (AvgIpc) is 3.05. The van der Waals surface area contributed by atoms with Gasteiger partial charge in [-0.2, -0.15) is 0 Å². The Balaban J connectivity index is 1.62. The summed E-state index contributed by atoms with van der Waals surface area (Å²) < 4.78 is 4.93. The highest BCUT2D eigenvalue weighted by molar-refractivity contribution is 6.03. The van der Waals surface area contributed by atoms with E-state index in [0.717, 1.165) is 11.3 Å². The number of carbonyl (C=O) groups is 3. The Morgan fingerprint density at radius 1 is 1.11 bits per heavy atom. The van der Waals surface area contributed by atoms with Crippen molar-refractivity contribution in [2.75, 3.05) is 23.4 Å². The fourth-order valence-corrected chi connectivity index (χ4v) is 3.01. The molecule has 2 amide bonds. The molecule has 1 saturated heterocycles. The van der Waals surface area contributed by atoms with Gasteiger partial charge in [0.25, 0.3) is 0 Å². The molecule has 0 unspecified atom stereocenters. The maximum absolute atomic E-state index is 12.5. The van der Waals surface area contributed by atoms with Crippen molar-refractivity contribution >= 4 is 29.2 Å². The molecule has 1 atom stereocenters. The Labute approximate surface area is 158 Å². The van der Waals surface area contributed by atoms with Gasteiger partial charge in [0.15, 0.2) is 0 Å². The van der Waals surface area contributed by atoms with E-state index in [-0.39, 0.29) is 18.2 Å². The summed E-state index contributed by atoms with van der Waals surface area (Å²) in [4.78, 5) is 38.1. The van der Waals surface area contributed by atoms with Crippen molar-refractivity contribution < 1.29 is 19.1 Å². The molecule has 0 bridgehead atoms. The maximum atomic E-state index is 12.5. The third-order valence-electron chi connectivity index (χ3n) is 4.51. The van der Waals surface area contributed by atoms with Gasteiger partial charge in [-0.3, -0.25) is 9.59 Å². The van der Waals surface area contributed by atoms with Crippen LogP contribution in [0.15, 0.2) is 48.5 Å². The number of hydrogen-bond donors (Lipinski definition) is 1. The fourth-order valence-electron chi connectivity index (χ4n) is 3.01. The van der Waals surface area contributed by atoms with Crippen molar-refractivity contribution in [1.82, 2.24) is 0 Å². The van der Waals surface area contributed by atoms with Crippen LogP contribution in [0.1, 0.15) is 29.3 Å². The van der Waals surface area contributed by atoms with Crippen molar-refractivity contribution in [2.24, 2.45) is 5.92 Å². The zero-order valence-electron chi connectivity index (χ0n) is 15.4. The maximum Gasteiger partial charge on any atom is 0.338 e. The lowest BCUT2D eigenvalue weighted by molar-refractivity contribution is -0.122. The summed E-state index contributed by atoms with van der Waals surface area (Å²) >= 11 is 0. The number of aryl methyl sites for hydroxylation is 1. The minimum absolute atomic E-state index is 0.0586. The number of amides is 2. The van der Waals surface area contributed by atoms with Gasteiger partial charge in [0.2, 0.25) is 11.8 Å². The lowest BCUT2D eigenvalue weighted by Gasteiger charge is -2.17. The molecule has 0 aromatic heterocycles. The Hall–Kier alpha value is -3.15. The molecule has 3 rings (SSSR count). The summed E-state index contributed by atoms with van der Waals surface area (Å²) in [6.07, 6.45) is 0.181. The summed E-state index contributed by atoms with van der Waals surface area (Å²) in [7, 11) is 0. The van der Waals surface area contributed by atoms with Gasteiger partial charge in [0, 0.05) is 24.3 Å². The van der Waals surface area contributed by atoms with Crippen LogP contribution < -0.4 is 10.2 Å². The normalized spacial score (nSPS) is 16.3. The molecule has 1 fully saturated rings. The molecule has 0 spiro atoms. The van der Waals surface area contributed by atoms with Crippen LogP contribution in [0, 0.1) is 12.8 Å². The fraction of sp³-hybridized carbons (Fsp3) is 0.286. The molecule has 0 saturated carbocycles. The SMILES string of the molecule is CCOC(=O)c1ccc(NC(=O)[C@@H]2CC(=O)N(c3ccc(C)cc3)C2)cc1. The lowest BCUT2D eigenvalue weighted by atomic mass is 10.1. The van der Waals surface area contributed by atoms with Crippen LogP contribution >= 0.6 is 0 Å². The van der Waals surface area contributed by atoms with Gasteiger partial charge >= 0.3 is 5.97 Å². The second kappa shape index (κ2) is 8.03. The van der Waals surface area contributed by atoms with E-state index in [1.165, 1.54) is 0 Å². The summed E-state index contributed by atoms with van der Waals surface area (Å²) in [6.45, 7) is 4.40. The van der Waals surface area contributed by atoms with E-state index in [2.05, 4.69) is 5.32 Å². The molecule has 0 radical (unpaired) electrons. The minimum atomic E-state index is -0.413. The Kier molecular flexibility index (Phi) is 5.54. The number of ether oxygens (including phenoxy) is 1. The van der Waals surface area contributed by atoms with Gasteiger partial charge in [0.1, 0.15) is 0 Å². The predicted molar refractivity (Wildman–Crippen MR) is 103 cm³/mol. The Morgan fingerprint density at radius 3 is 2.41 bits per heavy atom. The highest BCUT2D eigenvalue weighted by Gasteiger charge is 2.35. The largest absolute Gasteiger partial charge is 0.462 e. The number of benzene rings is 2. The first-order valence-electron chi connectivity index (χ1n) is 8.93. The van der Waals surface area contributed by atoms with Crippen LogP contribution in [0.5, 0.6) is 0 Å². The third kappa shape index (κ3) is 4.34. The second-order valence-electron chi connectivity index (χ2n) is 6.53. The molecule has 1 aliphatic heterocycles. The Morgan fingerprint density at radius 2 is 1.78 bits per heavy atom. The van der Waals surface area contributed by atoms with E-state index in [1.54, 1.807) is 36.1 Å². The molecule has 6 heteroatoms. The zero-order chi connectivity index (χ0) is 19.4. The standard InChI is InChI=1S/C21H22N2O4/c1-3-27-21(26)15-6-8-17(9-7-15)22-20(25)16-12-19(24)23(13-16)18-10-4-14(2)5-11-18/h4-11,16H,3,12-13H2,1-2H3,(H,22,25)/t16-/m1/s1. The van der Waals surface area contributed by atoms with Gasteiger partial charge in [0.05, 0.1) is 18.1 Å². The van der Waals surface area contributed by atoms with Gasteiger partial charge in [-0.25, -0.2) is 4.79 Å². The summed E-state index contributed by atoms with van der Waals surface area (Å²) in [5, 5.41) is 2.81. The molecule has 1 heterocycles. The molecule has 140 valence electrons. The number of anilines is 2. The number of carbonyl (C=O) groups excluding carboxylic acids is 3. The van der Waals surface area contributed by atoms with Crippen molar-refractivity contribution in [3.63, 3.8) is 0 Å². The molecule has 1 N–H and O–H groups in total. The number of nitrogens with one attached hydrogen (secondary N) is 1. The van der Waals surface area contributed by atoms with Crippen LogP contribution in [0.4, 0.5) is 11.4 Å². The molecule has 2 aromatic carbocycles. The van der Waals surface area contributed by atoms with E-state index in [9.17, 15) is 14.4 Å². The van der Waals surface area contributed by atoms with Crippen molar-refractivity contribution in [3.05, 3.63) is 59.7 Å². The van der Waals surface area contributed by atoms with Crippen LogP contribution in [-0.2, 0) is 14.3 Å². The molecule has 0 aliphatic carbocycles. The number of esters is 1. The van der Waals surface area contributed by atoms with Gasteiger partial charge in [-0.05, 0) is 50.2 Å². The smallest absolute Gasteiger partial charge is 0.338 e. The average molecular weight is 366 g/mol. The molecule has 2 aromatic rings. The number of nitrogens with zero attached hydrogens (tertiary/aromatic N) is 1. The van der Waals surface area contributed by atoms with Crippen LogP contribution in [0.25, 0.3) is 0 Å². The van der Waals surface area contributed by atoms with Crippen LogP contribution in [0.2, 0.25) is 0 Å². The first-order chi connectivity index (χ1) is 13.0. The van der Waals surface area contributed by atoms with Crippen molar-refractivity contribution in [3.8, 4) is 0 Å². The third-order valence-corrected chi connectivity index (χ3v) is 4.51. The van der Waals surface area contributed by atoms with E-state index >= 15 is 0 Å². The number of rotatable bonds is 5. The van der Waals surface area contributed by atoms with E-state index in [0.29, 0.717) is 24.4 Å². The van der Waals surface area contributed by atoms with Crippen LogP contribution in [-0.4, -0.2) is 30.9 Å². The molecular formula is C21H22N2O4. The molecule has 6 nitrogen and oxygen atoms in total. The highest BCUT2D eigenvalue weighted by Crippen LogP contribution is 2.26. The lowest BCUT2D eigenvalue weighted by Crippen LogP contribution is -2.28. The summed E-state index contributed by atoms with van der Waals surface area (Å²) in [5.41, 5.74) is 2.93. The zero-order valence-corrected chi connectivity index (χ0v) is 15.4. The monoisotopic (exact) mass is 366 g/mol. The summed E-state index contributed by atoms with van der Waals surface area (Å²) in [5.74, 6) is -1.08. The molecular weight excluding hydrogens is 344 g/mol.